The summed E-state index contributed by atoms with van der Waals surface area (Å²) in [6.07, 6.45) is 0. The van der Waals surface area contributed by atoms with Crippen molar-refractivity contribution in [1.82, 2.24) is 10.2 Å². The molecule has 122 valence electrons. The molecule has 5 nitrogen and oxygen atoms in total. The van der Waals surface area contributed by atoms with Gasteiger partial charge in [0.15, 0.2) is 0 Å². The quantitative estimate of drug-likeness (QED) is 0.842. The lowest BCUT2D eigenvalue weighted by Crippen LogP contribution is -2.55. The second-order valence-corrected chi connectivity index (χ2v) is 6.13. The molecule has 1 unspecified atom stereocenters. The van der Waals surface area contributed by atoms with Crippen LogP contribution in [0, 0.1) is 5.92 Å². The summed E-state index contributed by atoms with van der Waals surface area (Å²) in [6, 6.07) is 6.77. The molecule has 1 atom stereocenters. The zero-order valence-corrected chi connectivity index (χ0v) is 14.1. The second kappa shape index (κ2) is 7.40. The van der Waals surface area contributed by atoms with Crippen LogP contribution in [0.3, 0.4) is 0 Å². The van der Waals surface area contributed by atoms with Crippen LogP contribution in [0.5, 0.6) is 0 Å². The van der Waals surface area contributed by atoms with Crippen molar-refractivity contribution in [2.24, 2.45) is 11.7 Å². The molecule has 0 aliphatic carbocycles. The minimum Gasteiger partial charge on any atom is -0.345 e. The Balaban J connectivity index is 2.98. The Kier molecular flexibility index (Phi) is 6.11. The monoisotopic (exact) mass is 305 g/mol. The van der Waals surface area contributed by atoms with E-state index in [1.54, 1.807) is 36.2 Å². The summed E-state index contributed by atoms with van der Waals surface area (Å²) in [5.41, 5.74) is 6.30. The molecule has 0 heterocycles. The van der Waals surface area contributed by atoms with Crippen LogP contribution in [0.4, 0.5) is 0 Å². The first-order valence-corrected chi connectivity index (χ1v) is 7.63. The minimum absolute atomic E-state index is 0.0948. The van der Waals surface area contributed by atoms with Crippen molar-refractivity contribution in [2.45, 2.75) is 33.2 Å². The molecule has 1 rings (SSSR count). The van der Waals surface area contributed by atoms with Crippen molar-refractivity contribution < 1.29 is 9.59 Å². The van der Waals surface area contributed by atoms with E-state index in [1.807, 2.05) is 27.7 Å². The molecule has 5 heteroatoms. The lowest BCUT2D eigenvalue weighted by atomic mass is 9.88. The first-order chi connectivity index (χ1) is 10.2. The Labute approximate surface area is 132 Å². The van der Waals surface area contributed by atoms with Crippen LogP contribution in [0.2, 0.25) is 0 Å². The number of amides is 2. The molecule has 1 aromatic rings. The smallest absolute Gasteiger partial charge is 0.253 e. The Hall–Kier alpha value is -1.88. The van der Waals surface area contributed by atoms with Crippen LogP contribution in [-0.4, -0.2) is 42.4 Å². The fourth-order valence-corrected chi connectivity index (χ4v) is 1.92. The summed E-state index contributed by atoms with van der Waals surface area (Å²) >= 11 is 0. The summed E-state index contributed by atoms with van der Waals surface area (Å²) in [6.45, 7) is 8.84. The van der Waals surface area contributed by atoms with Crippen LogP contribution in [0.1, 0.15) is 48.4 Å². The molecule has 0 aliphatic heterocycles. The third-order valence-electron chi connectivity index (χ3n) is 4.29. The Morgan fingerprint density at radius 3 is 2.41 bits per heavy atom. The van der Waals surface area contributed by atoms with Gasteiger partial charge in [-0.15, -0.1) is 0 Å². The number of rotatable bonds is 6. The predicted molar refractivity (Wildman–Crippen MR) is 88.8 cm³/mol. The fraction of sp³-hybridized carbons (Fsp3) is 0.529. The van der Waals surface area contributed by atoms with E-state index < -0.39 is 5.54 Å². The molecule has 22 heavy (non-hydrogen) atoms. The third-order valence-corrected chi connectivity index (χ3v) is 4.29. The van der Waals surface area contributed by atoms with Gasteiger partial charge < -0.3 is 16.0 Å². The first kappa shape index (κ1) is 18.2. The van der Waals surface area contributed by atoms with E-state index in [4.69, 9.17) is 5.73 Å². The van der Waals surface area contributed by atoms with Crippen molar-refractivity contribution in [1.29, 1.82) is 0 Å². The Morgan fingerprint density at radius 2 is 1.91 bits per heavy atom. The van der Waals surface area contributed by atoms with Crippen molar-refractivity contribution in [3.8, 4) is 0 Å². The molecule has 0 spiro atoms. The number of nitrogens with two attached hydrogens (primary N) is 1. The fourth-order valence-electron chi connectivity index (χ4n) is 1.92. The van der Waals surface area contributed by atoms with Gasteiger partial charge >= 0.3 is 0 Å². The highest BCUT2D eigenvalue weighted by atomic mass is 16.2. The van der Waals surface area contributed by atoms with Gasteiger partial charge in [-0.1, -0.05) is 19.9 Å². The number of nitrogens with zero attached hydrogens (tertiary/aromatic N) is 1. The van der Waals surface area contributed by atoms with Gasteiger partial charge in [0.05, 0.1) is 5.54 Å². The van der Waals surface area contributed by atoms with Crippen LogP contribution in [0.15, 0.2) is 24.3 Å². The summed E-state index contributed by atoms with van der Waals surface area (Å²) < 4.78 is 0. The summed E-state index contributed by atoms with van der Waals surface area (Å²) in [5, 5.41) is 2.98. The SMILES string of the molecule is CCN(C)C(=O)c1cccc(C(=O)NC(C)(CN)C(C)C)c1. The standard InChI is InChI=1S/C17H27N3O2/c1-6-20(5)16(22)14-9-7-8-13(10-14)15(21)19-17(4,11-18)12(2)3/h7-10,12H,6,11,18H2,1-5H3,(H,19,21). The van der Waals surface area contributed by atoms with E-state index in [1.165, 1.54) is 0 Å². The van der Waals surface area contributed by atoms with Gasteiger partial charge in [-0.05, 0) is 38.0 Å². The maximum Gasteiger partial charge on any atom is 0.253 e. The van der Waals surface area contributed by atoms with Gasteiger partial charge in [0.2, 0.25) is 0 Å². The second-order valence-electron chi connectivity index (χ2n) is 6.13. The van der Waals surface area contributed by atoms with Crippen molar-refractivity contribution in [2.75, 3.05) is 20.1 Å². The largest absolute Gasteiger partial charge is 0.345 e. The van der Waals surface area contributed by atoms with Crippen molar-refractivity contribution >= 4 is 11.8 Å². The van der Waals surface area contributed by atoms with Crippen LogP contribution in [0.25, 0.3) is 0 Å². The molecule has 0 aromatic heterocycles. The lowest BCUT2D eigenvalue weighted by Gasteiger charge is -2.33. The number of hydrogen-bond acceptors (Lipinski definition) is 3. The zero-order valence-electron chi connectivity index (χ0n) is 14.1. The molecule has 0 saturated heterocycles. The van der Waals surface area contributed by atoms with Crippen molar-refractivity contribution in [3.63, 3.8) is 0 Å². The van der Waals surface area contributed by atoms with Crippen LogP contribution >= 0.6 is 0 Å². The normalized spacial score (nSPS) is 13.6. The third kappa shape index (κ3) is 4.07. The maximum atomic E-state index is 12.4. The average Bonchev–Trinajstić information content (AvgIpc) is 2.52. The Morgan fingerprint density at radius 1 is 1.32 bits per heavy atom. The molecule has 1 aromatic carbocycles. The molecule has 0 saturated carbocycles. The zero-order chi connectivity index (χ0) is 16.9. The summed E-state index contributed by atoms with van der Waals surface area (Å²) in [4.78, 5) is 26.2. The number of benzene rings is 1. The molecule has 0 fully saturated rings. The van der Waals surface area contributed by atoms with Crippen molar-refractivity contribution in [3.05, 3.63) is 35.4 Å². The van der Waals surface area contributed by atoms with E-state index in [2.05, 4.69) is 5.32 Å². The van der Waals surface area contributed by atoms with Gasteiger partial charge in [-0.25, -0.2) is 0 Å². The molecule has 2 amide bonds. The lowest BCUT2D eigenvalue weighted by molar-refractivity contribution is 0.0802. The highest BCUT2D eigenvalue weighted by Gasteiger charge is 2.29. The Bertz CT molecular complexity index is 542. The van der Waals surface area contributed by atoms with Gasteiger partial charge in [0.1, 0.15) is 0 Å². The number of carbonyl (C=O) groups is 2. The molecule has 0 radical (unpaired) electrons. The molecule has 3 N–H and O–H groups in total. The maximum absolute atomic E-state index is 12.4. The molecule has 0 aliphatic rings. The predicted octanol–water partition coefficient (Wildman–Crippen LogP) is 1.88. The highest BCUT2D eigenvalue weighted by Crippen LogP contribution is 2.16. The van der Waals surface area contributed by atoms with Crippen LogP contribution < -0.4 is 11.1 Å². The number of hydrogen-bond donors (Lipinski definition) is 2. The van der Waals surface area contributed by atoms with Gasteiger partial charge in [0, 0.05) is 31.3 Å². The van der Waals surface area contributed by atoms with Crippen LogP contribution in [-0.2, 0) is 0 Å². The van der Waals surface area contributed by atoms with Gasteiger partial charge in [0.25, 0.3) is 11.8 Å². The summed E-state index contributed by atoms with van der Waals surface area (Å²) in [5.74, 6) is -0.101. The molecular weight excluding hydrogens is 278 g/mol. The van der Waals surface area contributed by atoms with Gasteiger partial charge in [-0.3, -0.25) is 9.59 Å². The van der Waals surface area contributed by atoms with E-state index in [9.17, 15) is 9.59 Å². The highest BCUT2D eigenvalue weighted by molar-refractivity contribution is 5.99. The van der Waals surface area contributed by atoms with Gasteiger partial charge in [-0.2, -0.15) is 0 Å². The van der Waals surface area contributed by atoms with E-state index in [-0.39, 0.29) is 17.7 Å². The minimum atomic E-state index is -0.475. The molecule has 0 bridgehead atoms. The number of carbonyl (C=O) groups excluding carboxylic acids is 2. The number of nitrogens with one attached hydrogen (secondary N) is 1. The average molecular weight is 305 g/mol. The van der Waals surface area contributed by atoms with E-state index in [0.29, 0.717) is 24.2 Å². The topological polar surface area (TPSA) is 75.4 Å². The van der Waals surface area contributed by atoms with E-state index in [0.717, 1.165) is 0 Å². The summed E-state index contributed by atoms with van der Waals surface area (Å²) in [7, 11) is 1.74. The van der Waals surface area contributed by atoms with E-state index >= 15 is 0 Å². The first-order valence-electron chi connectivity index (χ1n) is 7.63. The molecular formula is C17H27N3O2.